The third kappa shape index (κ3) is 3.03. The number of amides is 1. The summed E-state index contributed by atoms with van der Waals surface area (Å²) in [6.45, 7) is 1.86. The maximum absolute atomic E-state index is 12.3. The Morgan fingerprint density at radius 3 is 2.57 bits per heavy atom. The predicted molar refractivity (Wildman–Crippen MR) is 84.8 cm³/mol. The topological polar surface area (TPSA) is 81.9 Å². The molecule has 1 amide bonds. The van der Waals surface area contributed by atoms with Gasteiger partial charge in [-0.25, -0.2) is 15.0 Å². The van der Waals surface area contributed by atoms with Crippen molar-refractivity contribution in [2.75, 3.05) is 12.4 Å². The average Bonchev–Trinajstić information content (AvgIpc) is 3.01. The van der Waals surface area contributed by atoms with E-state index < -0.39 is 0 Å². The van der Waals surface area contributed by atoms with Crippen LogP contribution in [0.5, 0.6) is 5.75 Å². The molecule has 0 spiro atoms. The van der Waals surface area contributed by atoms with Crippen LogP contribution in [-0.2, 0) is 0 Å². The van der Waals surface area contributed by atoms with Crippen LogP contribution in [0.15, 0.2) is 49.1 Å². The summed E-state index contributed by atoms with van der Waals surface area (Å²) >= 11 is 0. The number of aryl methyl sites for hydroxylation is 1. The van der Waals surface area contributed by atoms with Crippen molar-refractivity contribution in [3.63, 3.8) is 0 Å². The normalized spacial score (nSPS) is 10.3. The fourth-order valence-electron chi connectivity index (χ4n) is 2.13. The van der Waals surface area contributed by atoms with Crippen LogP contribution in [0.4, 0.5) is 5.69 Å². The number of anilines is 1. The van der Waals surface area contributed by atoms with Crippen LogP contribution in [0.25, 0.3) is 5.95 Å². The van der Waals surface area contributed by atoms with Crippen LogP contribution in [0, 0.1) is 6.92 Å². The number of carbonyl (C=O) groups is 1. The first-order chi connectivity index (χ1) is 11.2. The molecule has 0 aliphatic rings. The molecule has 7 heteroatoms. The second kappa shape index (κ2) is 6.27. The molecule has 116 valence electrons. The number of para-hydroxylation sites is 1. The molecule has 0 saturated carbocycles. The molecule has 1 aromatic carbocycles. The molecule has 3 rings (SSSR count). The minimum atomic E-state index is -0.280. The molecule has 23 heavy (non-hydrogen) atoms. The van der Waals surface area contributed by atoms with Crippen LogP contribution in [-0.4, -0.2) is 32.5 Å². The molecule has 1 N–H and O–H groups in total. The van der Waals surface area contributed by atoms with E-state index in [0.29, 0.717) is 22.9 Å². The lowest BCUT2D eigenvalue weighted by atomic mass is 10.2. The molecule has 7 nitrogen and oxygen atoms in total. The molecule has 0 aliphatic carbocycles. The van der Waals surface area contributed by atoms with E-state index in [2.05, 4.69) is 20.3 Å². The van der Waals surface area contributed by atoms with Gasteiger partial charge in [0, 0.05) is 12.4 Å². The van der Waals surface area contributed by atoms with Crippen molar-refractivity contribution in [2.24, 2.45) is 0 Å². The van der Waals surface area contributed by atoms with Gasteiger partial charge in [-0.2, -0.15) is 0 Å². The van der Waals surface area contributed by atoms with E-state index in [1.807, 2.05) is 6.92 Å². The monoisotopic (exact) mass is 309 g/mol. The third-order valence-corrected chi connectivity index (χ3v) is 3.29. The number of nitrogens with one attached hydrogen (secondary N) is 1. The number of imidazole rings is 1. The molecule has 3 aromatic rings. The number of benzene rings is 1. The molecular formula is C16H15N5O2. The van der Waals surface area contributed by atoms with Crippen LogP contribution < -0.4 is 10.1 Å². The van der Waals surface area contributed by atoms with Gasteiger partial charge in [-0.15, -0.1) is 0 Å². The van der Waals surface area contributed by atoms with Gasteiger partial charge in [0.05, 0.1) is 30.8 Å². The van der Waals surface area contributed by atoms with Crippen molar-refractivity contribution in [3.8, 4) is 11.7 Å². The van der Waals surface area contributed by atoms with Gasteiger partial charge in [-0.3, -0.25) is 9.36 Å². The van der Waals surface area contributed by atoms with Gasteiger partial charge in [-0.1, -0.05) is 12.1 Å². The zero-order chi connectivity index (χ0) is 16.2. The molecule has 2 heterocycles. The Balaban J connectivity index is 1.78. The standard InChI is InChI=1S/C16H15N5O2/c1-11-17-7-8-21(11)16-18-9-12(10-19-16)20-15(22)13-5-3-4-6-14(13)23-2/h3-10H,1-2H3,(H,20,22). The van der Waals surface area contributed by atoms with E-state index in [9.17, 15) is 4.79 Å². The summed E-state index contributed by atoms with van der Waals surface area (Å²) in [5.41, 5.74) is 0.951. The Morgan fingerprint density at radius 2 is 1.91 bits per heavy atom. The lowest BCUT2D eigenvalue weighted by Gasteiger charge is -2.09. The molecule has 0 radical (unpaired) electrons. The zero-order valence-corrected chi connectivity index (χ0v) is 12.7. The summed E-state index contributed by atoms with van der Waals surface area (Å²) in [6.07, 6.45) is 6.55. The summed E-state index contributed by atoms with van der Waals surface area (Å²) < 4.78 is 6.94. The summed E-state index contributed by atoms with van der Waals surface area (Å²) in [6, 6.07) is 7.01. The van der Waals surface area contributed by atoms with Gasteiger partial charge in [0.25, 0.3) is 5.91 Å². The second-order valence-corrected chi connectivity index (χ2v) is 4.77. The summed E-state index contributed by atoms with van der Waals surface area (Å²) in [4.78, 5) is 24.9. The van der Waals surface area contributed by atoms with Crippen molar-refractivity contribution in [1.29, 1.82) is 0 Å². The number of hydrogen-bond donors (Lipinski definition) is 1. The Hall–Kier alpha value is -3.22. The summed E-state index contributed by atoms with van der Waals surface area (Å²) in [5.74, 6) is 1.51. The largest absolute Gasteiger partial charge is 0.496 e. The number of nitrogens with zero attached hydrogens (tertiary/aromatic N) is 4. The van der Waals surface area contributed by atoms with Crippen molar-refractivity contribution < 1.29 is 9.53 Å². The molecule has 0 aliphatic heterocycles. The highest BCUT2D eigenvalue weighted by Crippen LogP contribution is 2.18. The lowest BCUT2D eigenvalue weighted by molar-refractivity contribution is 0.102. The van der Waals surface area contributed by atoms with Gasteiger partial charge in [0.1, 0.15) is 11.6 Å². The van der Waals surface area contributed by atoms with Crippen LogP contribution in [0.2, 0.25) is 0 Å². The third-order valence-electron chi connectivity index (χ3n) is 3.29. The number of aromatic nitrogens is 4. The van der Waals surface area contributed by atoms with Crippen molar-refractivity contribution in [3.05, 3.63) is 60.4 Å². The minimum Gasteiger partial charge on any atom is -0.496 e. The highest BCUT2D eigenvalue weighted by molar-refractivity contribution is 6.06. The fourth-order valence-corrected chi connectivity index (χ4v) is 2.13. The van der Waals surface area contributed by atoms with Gasteiger partial charge in [-0.05, 0) is 19.1 Å². The molecule has 0 saturated heterocycles. The van der Waals surface area contributed by atoms with Crippen molar-refractivity contribution >= 4 is 11.6 Å². The number of ether oxygens (including phenoxy) is 1. The highest BCUT2D eigenvalue weighted by Gasteiger charge is 2.12. The van der Waals surface area contributed by atoms with E-state index in [0.717, 1.165) is 5.82 Å². The average molecular weight is 309 g/mol. The maximum Gasteiger partial charge on any atom is 0.259 e. The van der Waals surface area contributed by atoms with Crippen LogP contribution in [0.1, 0.15) is 16.2 Å². The molecule has 0 bridgehead atoms. The SMILES string of the molecule is COc1ccccc1C(=O)Nc1cnc(-n2ccnc2C)nc1. The summed E-state index contributed by atoms with van der Waals surface area (Å²) in [7, 11) is 1.53. The van der Waals surface area contributed by atoms with Crippen molar-refractivity contribution in [1.82, 2.24) is 19.5 Å². The predicted octanol–water partition coefficient (Wildman–Crippen LogP) is 2.23. The van der Waals surface area contributed by atoms with E-state index in [-0.39, 0.29) is 5.91 Å². The number of methoxy groups -OCH3 is 1. The number of hydrogen-bond acceptors (Lipinski definition) is 5. The first-order valence-electron chi connectivity index (χ1n) is 6.96. The van der Waals surface area contributed by atoms with E-state index >= 15 is 0 Å². The molecule has 0 atom stereocenters. The molecule has 0 unspecified atom stereocenters. The minimum absolute atomic E-state index is 0.280. The molecule has 0 fully saturated rings. The van der Waals surface area contributed by atoms with Crippen LogP contribution >= 0.6 is 0 Å². The van der Waals surface area contributed by atoms with Gasteiger partial charge in [0.2, 0.25) is 5.95 Å². The number of rotatable bonds is 4. The first-order valence-corrected chi connectivity index (χ1v) is 6.96. The Bertz CT molecular complexity index is 826. The van der Waals surface area contributed by atoms with Crippen LogP contribution in [0.3, 0.4) is 0 Å². The maximum atomic E-state index is 12.3. The molecule has 2 aromatic heterocycles. The Labute approximate surface area is 133 Å². The number of carbonyl (C=O) groups excluding carboxylic acids is 1. The lowest BCUT2D eigenvalue weighted by Crippen LogP contribution is -2.14. The van der Waals surface area contributed by atoms with Gasteiger partial charge < -0.3 is 10.1 Å². The van der Waals surface area contributed by atoms with E-state index in [4.69, 9.17) is 4.74 Å². The second-order valence-electron chi connectivity index (χ2n) is 4.77. The summed E-state index contributed by atoms with van der Waals surface area (Å²) in [5, 5.41) is 2.75. The van der Waals surface area contributed by atoms with Gasteiger partial charge >= 0.3 is 0 Å². The van der Waals surface area contributed by atoms with E-state index in [1.165, 1.54) is 7.11 Å². The zero-order valence-electron chi connectivity index (χ0n) is 12.7. The molecular weight excluding hydrogens is 294 g/mol. The Morgan fingerprint density at radius 1 is 1.17 bits per heavy atom. The highest BCUT2D eigenvalue weighted by atomic mass is 16.5. The van der Waals surface area contributed by atoms with E-state index in [1.54, 1.807) is 53.6 Å². The van der Waals surface area contributed by atoms with Crippen molar-refractivity contribution in [2.45, 2.75) is 6.92 Å². The quantitative estimate of drug-likeness (QED) is 0.799. The fraction of sp³-hybridized carbons (Fsp3) is 0.125. The smallest absolute Gasteiger partial charge is 0.259 e. The first kappa shape index (κ1) is 14.7. The Kier molecular flexibility index (Phi) is 4.01. The van der Waals surface area contributed by atoms with Gasteiger partial charge in [0.15, 0.2) is 0 Å².